The summed E-state index contributed by atoms with van der Waals surface area (Å²) >= 11 is 3.43. The molecule has 0 spiro atoms. The fourth-order valence-corrected chi connectivity index (χ4v) is 3.68. The number of halogens is 3. The number of benzene rings is 2. The van der Waals surface area contributed by atoms with Crippen LogP contribution in [0.25, 0.3) is 22.1 Å². The van der Waals surface area contributed by atoms with E-state index < -0.39 is 0 Å². The molecular weight excluding hydrogens is 430 g/mol. The normalized spacial score (nSPS) is 11.5. The average Bonchev–Trinajstić information content (AvgIpc) is 3.01. The minimum Gasteiger partial charge on any atom is -0.326 e. The van der Waals surface area contributed by atoms with Crippen molar-refractivity contribution in [2.75, 3.05) is 6.67 Å². The monoisotopic (exact) mass is 446 g/mol. The summed E-state index contributed by atoms with van der Waals surface area (Å²) in [5, 5.41) is 0. The van der Waals surface area contributed by atoms with E-state index in [4.69, 9.17) is 0 Å². The minimum absolute atomic E-state index is 0.209. The van der Waals surface area contributed by atoms with E-state index in [2.05, 4.69) is 25.9 Å². The van der Waals surface area contributed by atoms with Crippen molar-refractivity contribution in [3.8, 4) is 0 Å². The molecule has 0 radical (unpaired) electrons. The lowest BCUT2D eigenvalue weighted by Gasteiger charge is -2.12. The minimum atomic E-state index is -0.390. The average molecular weight is 447 g/mol. The molecule has 0 aliphatic carbocycles. The van der Waals surface area contributed by atoms with Crippen molar-refractivity contribution in [2.45, 2.75) is 25.9 Å². The third-order valence-electron chi connectivity index (χ3n) is 4.66. The Morgan fingerprint density at radius 3 is 2.68 bits per heavy atom. The zero-order chi connectivity index (χ0) is 19.7. The molecule has 0 aliphatic heterocycles. The van der Waals surface area contributed by atoms with Crippen molar-refractivity contribution in [1.29, 1.82) is 0 Å². The van der Waals surface area contributed by atoms with E-state index in [0.717, 1.165) is 9.99 Å². The van der Waals surface area contributed by atoms with Crippen LogP contribution in [-0.2, 0) is 13.1 Å². The second-order valence-corrected chi connectivity index (χ2v) is 7.44. The van der Waals surface area contributed by atoms with Gasteiger partial charge in [-0.25, -0.2) is 14.4 Å². The first kappa shape index (κ1) is 18.7. The lowest BCUT2D eigenvalue weighted by atomic mass is 10.3. The molecule has 2 heterocycles. The van der Waals surface area contributed by atoms with Crippen LogP contribution in [0.4, 0.5) is 8.78 Å². The van der Waals surface area contributed by atoms with Gasteiger partial charge in [-0.3, -0.25) is 13.8 Å². The van der Waals surface area contributed by atoms with Gasteiger partial charge in [-0.1, -0.05) is 15.9 Å². The van der Waals surface area contributed by atoms with E-state index in [1.807, 2.05) is 22.8 Å². The fraction of sp³-hybridized carbons (Fsp3) is 0.250. The molecule has 0 saturated heterocycles. The predicted octanol–water partition coefficient (Wildman–Crippen LogP) is 4.45. The summed E-state index contributed by atoms with van der Waals surface area (Å²) in [4.78, 5) is 21.3. The van der Waals surface area contributed by atoms with Crippen molar-refractivity contribution in [2.24, 2.45) is 0 Å². The van der Waals surface area contributed by atoms with Gasteiger partial charge in [-0.15, -0.1) is 0 Å². The number of aromatic nitrogens is 4. The molecule has 4 rings (SSSR count). The van der Waals surface area contributed by atoms with Crippen LogP contribution in [0.5, 0.6) is 0 Å². The molecule has 0 amide bonds. The van der Waals surface area contributed by atoms with Crippen LogP contribution in [0.15, 0.2) is 51.9 Å². The van der Waals surface area contributed by atoms with Crippen LogP contribution < -0.4 is 5.56 Å². The number of rotatable bonds is 6. The number of fused-ring (bicyclic) bond motifs is 2. The Kier molecular flexibility index (Phi) is 5.21. The Bertz CT molecular complexity index is 1220. The number of alkyl halides is 1. The highest BCUT2D eigenvalue weighted by atomic mass is 79.9. The Morgan fingerprint density at radius 1 is 1.00 bits per heavy atom. The number of unbranched alkanes of at least 4 members (excludes halogenated alkanes) is 1. The summed E-state index contributed by atoms with van der Waals surface area (Å²) in [5.41, 5.74) is 2.40. The van der Waals surface area contributed by atoms with Gasteiger partial charge in [0.05, 0.1) is 41.5 Å². The molecule has 144 valence electrons. The first-order chi connectivity index (χ1) is 13.6. The van der Waals surface area contributed by atoms with Crippen molar-refractivity contribution >= 4 is 38.0 Å². The molecule has 5 nitrogen and oxygen atoms in total. The van der Waals surface area contributed by atoms with E-state index in [9.17, 15) is 13.6 Å². The number of imidazole rings is 1. The number of hydrogen-bond donors (Lipinski definition) is 0. The zero-order valence-electron chi connectivity index (χ0n) is 14.9. The maximum atomic E-state index is 13.7. The highest BCUT2D eigenvalue weighted by Crippen LogP contribution is 2.21. The van der Waals surface area contributed by atoms with Crippen LogP contribution in [0, 0.1) is 5.82 Å². The van der Waals surface area contributed by atoms with Crippen LogP contribution in [0.2, 0.25) is 0 Å². The van der Waals surface area contributed by atoms with Crippen LogP contribution in [-0.4, -0.2) is 25.8 Å². The second-order valence-electron chi connectivity index (χ2n) is 6.52. The summed E-state index contributed by atoms with van der Waals surface area (Å²) in [5.74, 6) is 0.247. The molecule has 0 unspecified atom stereocenters. The van der Waals surface area contributed by atoms with Crippen LogP contribution in [0.3, 0.4) is 0 Å². The van der Waals surface area contributed by atoms with Gasteiger partial charge >= 0.3 is 0 Å². The third kappa shape index (κ3) is 3.56. The zero-order valence-corrected chi connectivity index (χ0v) is 16.5. The highest BCUT2D eigenvalue weighted by Gasteiger charge is 2.14. The molecular formula is C20H17BrF2N4O. The van der Waals surface area contributed by atoms with Gasteiger partial charge in [0.2, 0.25) is 0 Å². The molecule has 0 N–H and O–H groups in total. The fourth-order valence-electron chi connectivity index (χ4n) is 3.33. The summed E-state index contributed by atoms with van der Waals surface area (Å²) in [6, 6.07) is 9.94. The van der Waals surface area contributed by atoms with Crippen molar-refractivity contribution in [1.82, 2.24) is 19.1 Å². The predicted molar refractivity (Wildman–Crippen MR) is 108 cm³/mol. The molecule has 2 aromatic heterocycles. The second kappa shape index (κ2) is 7.79. The Hall–Kier alpha value is -2.61. The Labute approximate surface area is 167 Å². The molecule has 4 aromatic rings. The highest BCUT2D eigenvalue weighted by molar-refractivity contribution is 9.10. The third-order valence-corrected chi connectivity index (χ3v) is 5.16. The lowest BCUT2D eigenvalue weighted by Crippen LogP contribution is -2.23. The van der Waals surface area contributed by atoms with Crippen molar-refractivity contribution in [3.05, 3.63) is 69.1 Å². The van der Waals surface area contributed by atoms with Gasteiger partial charge in [0, 0.05) is 17.1 Å². The Balaban J connectivity index is 1.84. The number of aryl methyl sites for hydroxylation is 1. The first-order valence-corrected chi connectivity index (χ1v) is 9.72. The van der Waals surface area contributed by atoms with Gasteiger partial charge in [0.25, 0.3) is 5.56 Å². The van der Waals surface area contributed by atoms with E-state index in [1.54, 1.807) is 10.6 Å². The maximum Gasteiger partial charge on any atom is 0.269 e. The van der Waals surface area contributed by atoms with E-state index in [1.165, 1.54) is 18.3 Å². The maximum absolute atomic E-state index is 13.7. The number of nitrogens with zero attached hydrogens (tertiary/aromatic N) is 4. The quantitative estimate of drug-likeness (QED) is 0.411. The van der Waals surface area contributed by atoms with E-state index in [-0.39, 0.29) is 24.6 Å². The molecule has 28 heavy (non-hydrogen) atoms. The lowest BCUT2D eigenvalue weighted by molar-refractivity contribution is 0.446. The van der Waals surface area contributed by atoms with Crippen LogP contribution >= 0.6 is 15.9 Å². The molecule has 8 heteroatoms. The Morgan fingerprint density at radius 2 is 1.86 bits per heavy atom. The molecule has 0 saturated carbocycles. The van der Waals surface area contributed by atoms with Gasteiger partial charge < -0.3 is 4.57 Å². The topological polar surface area (TPSA) is 52.7 Å². The van der Waals surface area contributed by atoms with Gasteiger partial charge in [-0.05, 0) is 43.2 Å². The van der Waals surface area contributed by atoms with Gasteiger partial charge in [0.15, 0.2) is 0 Å². The summed E-state index contributed by atoms with van der Waals surface area (Å²) in [7, 11) is 0. The first-order valence-electron chi connectivity index (χ1n) is 8.92. The van der Waals surface area contributed by atoms with Crippen molar-refractivity contribution < 1.29 is 8.78 Å². The summed E-state index contributed by atoms with van der Waals surface area (Å²) < 4.78 is 30.6. The van der Waals surface area contributed by atoms with Crippen LogP contribution in [0.1, 0.15) is 18.7 Å². The molecule has 0 atom stereocenters. The summed E-state index contributed by atoms with van der Waals surface area (Å²) in [6.07, 6.45) is 2.35. The standard InChI is InChI=1S/C20H17BrF2N4O/c21-13-3-5-15-18(9-13)27(20(28)11-24-15)12-19-25-16-10-14(23)4-6-17(16)26(19)8-2-1-7-22/h3-6,9-11H,1-2,7-8,12H2. The smallest absolute Gasteiger partial charge is 0.269 e. The summed E-state index contributed by atoms with van der Waals surface area (Å²) in [6.45, 7) is 0.363. The number of hydrogen-bond acceptors (Lipinski definition) is 3. The van der Waals surface area contributed by atoms with Gasteiger partial charge in [0.1, 0.15) is 11.6 Å². The van der Waals surface area contributed by atoms with Gasteiger partial charge in [-0.2, -0.15) is 0 Å². The molecule has 0 aliphatic rings. The SMILES string of the molecule is O=c1cnc2ccc(Br)cc2n1Cc1nc2cc(F)ccc2n1CCCCF. The molecule has 0 bridgehead atoms. The van der Waals surface area contributed by atoms with E-state index >= 15 is 0 Å². The molecule has 2 aromatic carbocycles. The largest absolute Gasteiger partial charge is 0.326 e. The van der Waals surface area contributed by atoms with Crippen molar-refractivity contribution in [3.63, 3.8) is 0 Å². The van der Waals surface area contributed by atoms with E-state index in [0.29, 0.717) is 41.8 Å². The molecule has 0 fully saturated rings.